The number of amides is 1. The third-order valence-electron chi connectivity index (χ3n) is 2.82. The molecule has 0 saturated carbocycles. The number of ether oxygens (including phenoxy) is 2. The Morgan fingerprint density at radius 2 is 2.50 bits per heavy atom. The van der Waals surface area contributed by atoms with E-state index in [0.717, 1.165) is 25.2 Å². The van der Waals surface area contributed by atoms with Crippen LogP contribution >= 0.6 is 0 Å². The number of rotatable bonds is 5. The third-order valence-corrected chi connectivity index (χ3v) is 2.82. The molecule has 1 amide bonds. The lowest BCUT2D eigenvalue weighted by atomic mass is 10.1. The van der Waals surface area contributed by atoms with Crippen LogP contribution in [0.1, 0.15) is 26.2 Å². The minimum Gasteiger partial charge on any atom is -0.380 e. The Hall–Kier alpha value is -0.940. The van der Waals surface area contributed by atoms with E-state index in [1.54, 1.807) is 0 Å². The largest absolute Gasteiger partial charge is 0.380 e. The van der Waals surface area contributed by atoms with Crippen molar-refractivity contribution in [2.75, 3.05) is 26.4 Å². The van der Waals surface area contributed by atoms with Gasteiger partial charge in [0.2, 0.25) is 5.91 Å². The van der Waals surface area contributed by atoms with Crippen LogP contribution in [0.3, 0.4) is 0 Å². The van der Waals surface area contributed by atoms with E-state index in [4.69, 9.17) is 9.47 Å². The number of hydrogen-bond donors (Lipinski definition) is 0. The van der Waals surface area contributed by atoms with E-state index in [0.29, 0.717) is 26.2 Å². The van der Waals surface area contributed by atoms with Gasteiger partial charge in [0, 0.05) is 13.2 Å². The molecule has 0 aliphatic carbocycles. The van der Waals surface area contributed by atoms with Gasteiger partial charge in [0.05, 0.1) is 31.4 Å². The molecule has 0 aromatic carbocycles. The van der Waals surface area contributed by atoms with Gasteiger partial charge in [0.15, 0.2) is 0 Å². The Morgan fingerprint density at radius 3 is 3.19 bits per heavy atom. The van der Waals surface area contributed by atoms with E-state index in [1.807, 2.05) is 6.92 Å². The maximum atomic E-state index is 11.6. The van der Waals surface area contributed by atoms with Crippen LogP contribution in [0.5, 0.6) is 0 Å². The van der Waals surface area contributed by atoms with Crippen LogP contribution in [0.4, 0.5) is 0 Å². The van der Waals surface area contributed by atoms with Crippen molar-refractivity contribution in [3.8, 4) is 0 Å². The van der Waals surface area contributed by atoms with E-state index < -0.39 is 0 Å². The highest BCUT2D eigenvalue weighted by Gasteiger charge is 2.31. The van der Waals surface area contributed by atoms with Crippen molar-refractivity contribution in [3.05, 3.63) is 0 Å². The van der Waals surface area contributed by atoms with E-state index in [2.05, 4.69) is 5.10 Å². The van der Waals surface area contributed by atoms with E-state index in [1.165, 1.54) is 5.01 Å². The lowest BCUT2D eigenvalue weighted by Crippen LogP contribution is -2.25. The molecular formula is C11H18N2O3. The van der Waals surface area contributed by atoms with Gasteiger partial charge in [-0.05, 0) is 19.8 Å². The predicted molar refractivity (Wildman–Crippen MR) is 59.2 cm³/mol. The molecule has 0 aromatic heterocycles. The second-order valence-electron chi connectivity index (χ2n) is 3.98. The first-order valence-corrected chi connectivity index (χ1v) is 5.88. The van der Waals surface area contributed by atoms with E-state index in [9.17, 15) is 4.79 Å². The molecule has 90 valence electrons. The topological polar surface area (TPSA) is 51.1 Å². The van der Waals surface area contributed by atoms with Crippen molar-refractivity contribution >= 4 is 11.6 Å². The summed E-state index contributed by atoms with van der Waals surface area (Å²) in [6.45, 7) is 4.49. The predicted octanol–water partition coefficient (Wildman–Crippen LogP) is 0.790. The van der Waals surface area contributed by atoms with Gasteiger partial charge < -0.3 is 9.47 Å². The summed E-state index contributed by atoms with van der Waals surface area (Å²) in [5, 5.41) is 5.82. The Bertz CT molecular complexity index is 285. The highest BCUT2D eigenvalue weighted by Crippen LogP contribution is 2.20. The average Bonchev–Trinajstić information content (AvgIpc) is 2.88. The van der Waals surface area contributed by atoms with Gasteiger partial charge in [-0.25, -0.2) is 5.01 Å². The minimum atomic E-state index is 0.0604. The lowest BCUT2D eigenvalue weighted by Gasteiger charge is -2.11. The fourth-order valence-electron chi connectivity index (χ4n) is 1.98. The number of hydrogen-bond acceptors (Lipinski definition) is 4. The van der Waals surface area contributed by atoms with Gasteiger partial charge >= 0.3 is 0 Å². The molecule has 2 heterocycles. The van der Waals surface area contributed by atoms with Gasteiger partial charge in [0.25, 0.3) is 0 Å². The molecule has 16 heavy (non-hydrogen) atoms. The maximum Gasteiger partial charge on any atom is 0.248 e. The lowest BCUT2D eigenvalue weighted by molar-refractivity contribution is -0.129. The van der Waals surface area contributed by atoms with Crippen LogP contribution in [-0.2, 0) is 14.3 Å². The van der Waals surface area contributed by atoms with Gasteiger partial charge in [-0.3, -0.25) is 4.79 Å². The van der Waals surface area contributed by atoms with Gasteiger partial charge in [-0.1, -0.05) is 0 Å². The van der Waals surface area contributed by atoms with E-state index >= 15 is 0 Å². The quantitative estimate of drug-likeness (QED) is 0.651. The van der Waals surface area contributed by atoms with Gasteiger partial charge in [-0.15, -0.1) is 0 Å². The molecule has 0 aromatic rings. The molecule has 0 bridgehead atoms. The average molecular weight is 226 g/mol. The molecule has 1 unspecified atom stereocenters. The minimum absolute atomic E-state index is 0.0604. The number of nitrogens with zero attached hydrogens (tertiary/aromatic N) is 2. The Balaban J connectivity index is 1.86. The molecular weight excluding hydrogens is 208 g/mol. The van der Waals surface area contributed by atoms with Crippen LogP contribution in [-0.4, -0.2) is 49.1 Å². The van der Waals surface area contributed by atoms with Crippen LogP contribution in [0, 0.1) is 0 Å². The van der Waals surface area contributed by atoms with Crippen molar-refractivity contribution in [3.63, 3.8) is 0 Å². The van der Waals surface area contributed by atoms with E-state index in [-0.39, 0.29) is 12.0 Å². The zero-order chi connectivity index (χ0) is 11.4. The first-order valence-electron chi connectivity index (χ1n) is 5.88. The molecule has 0 radical (unpaired) electrons. The SMILES string of the molecule is CCOCCN1N=C(C2CCCO2)CC1=O. The van der Waals surface area contributed by atoms with Gasteiger partial charge in [0.1, 0.15) is 0 Å². The molecule has 0 spiro atoms. The first-order chi connectivity index (χ1) is 7.81. The monoisotopic (exact) mass is 226 g/mol. The number of carbonyl (C=O) groups is 1. The van der Waals surface area contributed by atoms with Crippen molar-refractivity contribution in [2.24, 2.45) is 5.10 Å². The van der Waals surface area contributed by atoms with Crippen molar-refractivity contribution in [2.45, 2.75) is 32.3 Å². The van der Waals surface area contributed by atoms with Crippen molar-refractivity contribution < 1.29 is 14.3 Å². The first kappa shape index (κ1) is 11.5. The highest BCUT2D eigenvalue weighted by atomic mass is 16.5. The van der Waals surface area contributed by atoms with Crippen LogP contribution < -0.4 is 0 Å². The summed E-state index contributed by atoms with van der Waals surface area (Å²) in [4.78, 5) is 11.6. The number of hydrazone groups is 1. The van der Waals surface area contributed by atoms with Crippen LogP contribution in [0.15, 0.2) is 5.10 Å². The summed E-state index contributed by atoms with van der Waals surface area (Å²) in [6, 6.07) is 0. The molecule has 2 rings (SSSR count). The van der Waals surface area contributed by atoms with Crippen molar-refractivity contribution in [1.29, 1.82) is 0 Å². The standard InChI is InChI=1S/C11H18N2O3/c1-2-15-7-5-13-11(14)8-9(12-13)10-4-3-6-16-10/h10H,2-8H2,1H3. The summed E-state index contributed by atoms with van der Waals surface area (Å²) >= 11 is 0. The smallest absolute Gasteiger partial charge is 0.248 e. The van der Waals surface area contributed by atoms with Crippen LogP contribution in [0.25, 0.3) is 0 Å². The molecule has 1 fully saturated rings. The zero-order valence-corrected chi connectivity index (χ0v) is 9.65. The van der Waals surface area contributed by atoms with Crippen LogP contribution in [0.2, 0.25) is 0 Å². The summed E-state index contributed by atoms with van der Waals surface area (Å²) < 4.78 is 10.7. The fraction of sp³-hybridized carbons (Fsp3) is 0.818. The second kappa shape index (κ2) is 5.41. The summed E-state index contributed by atoms with van der Waals surface area (Å²) in [5.74, 6) is 0.0604. The molecule has 1 atom stereocenters. The fourth-order valence-corrected chi connectivity index (χ4v) is 1.98. The Kier molecular flexibility index (Phi) is 3.90. The summed E-state index contributed by atoms with van der Waals surface area (Å²) in [6.07, 6.45) is 2.54. The maximum absolute atomic E-state index is 11.6. The normalized spacial score (nSPS) is 25.3. The summed E-state index contributed by atoms with van der Waals surface area (Å²) in [5.41, 5.74) is 0.888. The highest BCUT2D eigenvalue weighted by molar-refractivity contribution is 6.07. The molecule has 2 aliphatic heterocycles. The molecule has 2 aliphatic rings. The third kappa shape index (κ3) is 2.59. The summed E-state index contributed by atoms with van der Waals surface area (Å²) in [7, 11) is 0. The molecule has 1 saturated heterocycles. The van der Waals surface area contributed by atoms with Gasteiger partial charge in [-0.2, -0.15) is 5.10 Å². The number of carbonyl (C=O) groups excluding carboxylic acids is 1. The zero-order valence-electron chi connectivity index (χ0n) is 9.65. The molecule has 0 N–H and O–H groups in total. The Labute approximate surface area is 95.4 Å². The molecule has 5 nitrogen and oxygen atoms in total. The van der Waals surface area contributed by atoms with Crippen molar-refractivity contribution in [1.82, 2.24) is 5.01 Å². The Morgan fingerprint density at radius 1 is 1.62 bits per heavy atom. The molecule has 5 heteroatoms. The second-order valence-corrected chi connectivity index (χ2v) is 3.98.